The number of ether oxygens (including phenoxy) is 4. The standard InChI is InChI=1S/C55H81N13O13S.C40H62N10O11S/c1-31(53(80)68-26-15-22-43(68)50(77)63-38(20-13-24-58-55(56)57)48(75)65-41(29-37-18-11-8-12-19-37)54(81)67-25-14-21-42(67)32(2)69)60-51(78)46(34(4)71)66-49(76)40(28-36-16-9-7-10-17-36)62-44(73)30-59-47(74)39(23-27-82-6)64-52(79)45(33(3)70)61-35(5)72;1-41-30(21-28-22-42-26-47-28)39(56)48-31(20-27-6-8-29(51)9-7-27)38(55)46-11-10-43-35(53)23-60-18-17-59-15-13-45-36(54)24-61-19-16-58-14-12-44-34(52)5-3-2-4-33-37-32(25-62-33)49-40(57)50-37/h7-12,16-19,31,33-34,38-43,45-46,70-71H,13-15,20-30H2,1-6H3,(H,59,74)(H,60,78)(H,61,72)(H,62,73)(H,63,77)(H,64,79)(H,65,75)(H,66,76)(H4,56,57,58);6-9,22,26,30-33,37,41,51H,2-5,10-21,23-25H2,1H3,(H,42,47)(H,43,53)(H,44,52)(H,45,54)(H,46,55)(H,48,56)(H2,49,50,57)/t31-,33+,34+,38-,39-,40-,41-,42-,43-,45-,46-;30-,31-,32-,33-,37-/m00/s1. The van der Waals surface area contributed by atoms with E-state index in [1.165, 1.54) is 67.7 Å². The van der Waals surface area contributed by atoms with Gasteiger partial charge < -0.3 is 146 Å². The molecule has 4 aromatic rings. The van der Waals surface area contributed by atoms with Crippen molar-refractivity contribution in [2.24, 2.45) is 16.5 Å². The number of carbonyl (C=O) groups is 17. The Morgan fingerprint density at radius 3 is 1.65 bits per heavy atom. The number of unbranched alkanes of at least 4 members (excludes halogenated alkanes) is 1. The molecule has 794 valence electrons. The number of thioether (sulfide) groups is 2. The number of aromatic amines is 1. The number of aliphatic hydroxyl groups is 2. The van der Waals surface area contributed by atoms with Crippen molar-refractivity contribution < 1.29 is 116 Å². The van der Waals surface area contributed by atoms with Crippen LogP contribution in [0.3, 0.4) is 0 Å². The third-order valence-corrected chi connectivity index (χ3v) is 25.8. The lowest BCUT2D eigenvalue weighted by atomic mass is 10.0. The number of guanidine groups is 1. The van der Waals surface area contributed by atoms with E-state index in [-0.39, 0.29) is 183 Å². The SMILES string of the molecule is CN[C@@H](Cc1cnc[nH]1)C(=O)N[C@@H](Cc1ccc(O)cc1)C(=O)NCCNC(=O)COCCOCCNC(=O)COCCOCCNC(=O)CCCC[C@@H]1SC[C@@H]2NC(=O)N[C@@H]21.CSCC[C@H](NC(=O)[C@@H](NC(C)=O)[C@@H](C)O)C(=O)NCC(=O)N[C@@H](Cc1ccccc1)C(=O)N[C@H](C(=O)N[C@@H](C)C(=O)N1CCC[C@H]1C(=O)N[C@@H](CCCN=C(N)N)C(=O)N[C@@H](Cc1ccccc1)C(=O)N1CCC[C@H]1C(C)=O)[C@@H](C)O. The molecular weight excluding hydrogens is 1910 g/mol. The van der Waals surface area contributed by atoms with E-state index in [0.717, 1.165) is 48.8 Å². The number of benzene rings is 3. The van der Waals surface area contributed by atoms with Gasteiger partial charge in [-0.3, -0.25) is 81.7 Å². The van der Waals surface area contributed by atoms with Gasteiger partial charge in [0, 0.05) is 108 Å². The van der Waals surface area contributed by atoms with Crippen LogP contribution in [0, 0.1) is 0 Å². The first-order valence-corrected chi connectivity index (χ1v) is 50.7. The molecule has 4 saturated heterocycles. The number of likely N-dealkylation sites (N-methyl/N-ethyl adjacent to an activating group) is 1. The van der Waals surface area contributed by atoms with Crippen molar-refractivity contribution >= 4 is 130 Å². The first-order valence-electron chi connectivity index (χ1n) is 48.3. The second-order valence-corrected chi connectivity index (χ2v) is 37.3. The number of likely N-dealkylation sites (tertiary alicyclic amines) is 2. The fourth-order valence-corrected chi connectivity index (χ4v) is 18.2. The molecule has 0 spiro atoms. The summed E-state index contributed by atoms with van der Waals surface area (Å²) >= 11 is 3.25. The predicted molar refractivity (Wildman–Crippen MR) is 533 cm³/mol. The fourth-order valence-electron chi connectivity index (χ4n) is 16.1. The van der Waals surface area contributed by atoms with Gasteiger partial charge in [-0.2, -0.15) is 23.5 Å². The summed E-state index contributed by atoms with van der Waals surface area (Å²) in [7, 11) is 1.65. The van der Waals surface area contributed by atoms with Gasteiger partial charge in [0.1, 0.15) is 73.3 Å². The van der Waals surface area contributed by atoms with Crippen LogP contribution < -0.4 is 96.5 Å². The maximum absolute atomic E-state index is 14.3. The molecule has 144 heavy (non-hydrogen) atoms. The Bertz CT molecular complexity index is 4820. The summed E-state index contributed by atoms with van der Waals surface area (Å²) < 4.78 is 21.5. The molecule has 4 aliphatic rings. The number of aliphatic hydroxyl groups excluding tert-OH is 2. The Morgan fingerprint density at radius 2 is 1.06 bits per heavy atom. The van der Waals surface area contributed by atoms with Crippen molar-refractivity contribution in [2.75, 3.05) is 130 Å². The first-order chi connectivity index (χ1) is 69.0. The van der Waals surface area contributed by atoms with Crippen molar-refractivity contribution in [3.63, 3.8) is 0 Å². The van der Waals surface area contributed by atoms with E-state index in [0.29, 0.717) is 68.4 Å². The third kappa shape index (κ3) is 42.7. The molecule has 0 aliphatic carbocycles. The molecular formula is C95H143N23O24S2. The zero-order chi connectivity index (χ0) is 105. The van der Waals surface area contributed by atoms with E-state index in [1.54, 1.807) is 86.2 Å². The highest BCUT2D eigenvalue weighted by Crippen LogP contribution is 2.33. The van der Waals surface area contributed by atoms with Gasteiger partial charge in [-0.25, -0.2) is 9.78 Å². The molecule has 4 aliphatic heterocycles. The van der Waals surface area contributed by atoms with Crippen LogP contribution in [-0.2, 0) is 121 Å². The van der Waals surface area contributed by atoms with E-state index in [1.807, 2.05) is 17.8 Å². The molecule has 24 N–H and O–H groups in total. The largest absolute Gasteiger partial charge is 0.508 e. The molecule has 1 aromatic heterocycles. The topological polar surface area (TPSA) is 680 Å². The van der Waals surface area contributed by atoms with Crippen molar-refractivity contribution in [3.8, 4) is 5.75 Å². The van der Waals surface area contributed by atoms with Crippen LogP contribution in [0.1, 0.15) is 128 Å². The van der Waals surface area contributed by atoms with Gasteiger partial charge in [-0.05, 0) is 133 Å². The molecule has 16 atom stereocenters. The first kappa shape index (κ1) is 118. The number of nitrogens with zero attached hydrogens (tertiary/aromatic N) is 4. The summed E-state index contributed by atoms with van der Waals surface area (Å²) in [6, 6.07) is 11.5. The number of amides is 17. The van der Waals surface area contributed by atoms with E-state index in [9.17, 15) is 96.8 Å². The number of nitrogens with two attached hydrogens (primary N) is 2. The summed E-state index contributed by atoms with van der Waals surface area (Å²) in [6.45, 7) is 8.28. The van der Waals surface area contributed by atoms with Gasteiger partial charge in [-0.15, -0.1) is 0 Å². The number of nitrogens with one attached hydrogen (secondary N) is 17. The lowest BCUT2D eigenvalue weighted by molar-refractivity contribution is -0.143. The number of fused-ring (bicyclic) bond motifs is 1. The number of phenols is 1. The van der Waals surface area contributed by atoms with Gasteiger partial charge in [0.2, 0.25) is 88.6 Å². The van der Waals surface area contributed by atoms with Crippen LogP contribution in [0.4, 0.5) is 4.79 Å². The monoisotopic (exact) mass is 2050 g/mol. The van der Waals surface area contributed by atoms with Gasteiger partial charge in [0.15, 0.2) is 11.7 Å². The van der Waals surface area contributed by atoms with Crippen molar-refractivity contribution in [1.29, 1.82) is 0 Å². The molecule has 0 saturated carbocycles. The van der Waals surface area contributed by atoms with Gasteiger partial charge in [-0.1, -0.05) is 79.2 Å². The average molecular weight is 2060 g/mol. The Labute approximate surface area is 845 Å². The summed E-state index contributed by atoms with van der Waals surface area (Å²) in [4.78, 5) is 236. The Morgan fingerprint density at radius 1 is 0.535 bits per heavy atom. The number of aromatic nitrogens is 2. The van der Waals surface area contributed by atoms with Crippen LogP contribution >= 0.6 is 23.5 Å². The number of hydrogen-bond donors (Lipinski definition) is 22. The number of urea groups is 1. The second kappa shape index (κ2) is 64.2. The van der Waals surface area contributed by atoms with Crippen LogP contribution in [0.2, 0.25) is 0 Å². The van der Waals surface area contributed by atoms with Crippen molar-refractivity contribution in [3.05, 3.63) is 120 Å². The normalized spacial score (nSPS) is 17.8. The number of rotatable bonds is 63. The molecule has 4 fully saturated rings. The molecule has 0 radical (unpaired) electrons. The van der Waals surface area contributed by atoms with Gasteiger partial charge in [0.05, 0.1) is 88.9 Å². The zero-order valence-corrected chi connectivity index (χ0v) is 84.1. The molecule has 0 bridgehead atoms. The van der Waals surface area contributed by atoms with Crippen LogP contribution in [0.5, 0.6) is 5.75 Å². The highest BCUT2D eigenvalue weighted by atomic mass is 32.2. The third-order valence-electron chi connectivity index (χ3n) is 23.7. The number of aromatic hydroxyl groups is 1. The molecule has 8 rings (SSSR count). The number of aliphatic imine (C=N–C) groups is 1. The number of Topliss-reactive ketones (excluding diaryl/α,β-unsaturated/α-hetero) is 1. The number of H-pyrrole nitrogens is 1. The molecule has 0 unspecified atom stereocenters. The molecule has 3 aromatic carbocycles. The maximum Gasteiger partial charge on any atom is 0.315 e. The summed E-state index contributed by atoms with van der Waals surface area (Å²) in [6.07, 6.45) is 7.67. The minimum absolute atomic E-state index is 0.0157. The fraction of sp³-hybridized carbons (Fsp3) is 0.589. The van der Waals surface area contributed by atoms with Crippen LogP contribution in [-0.4, -0.2) is 367 Å². The molecule has 47 nitrogen and oxygen atoms in total. The highest BCUT2D eigenvalue weighted by Gasteiger charge is 2.45. The van der Waals surface area contributed by atoms with Gasteiger partial charge >= 0.3 is 6.03 Å². The van der Waals surface area contributed by atoms with Crippen LogP contribution in [0.25, 0.3) is 0 Å². The number of phenolic OH excluding ortho intramolecular Hbond substituents is 1. The Kier molecular flexibility index (Phi) is 52.7. The molecule has 17 amide bonds. The molecule has 5 heterocycles. The number of hydrogen-bond acceptors (Lipinski definition) is 29. The predicted octanol–water partition coefficient (Wildman–Crippen LogP) is -4.61. The summed E-state index contributed by atoms with van der Waals surface area (Å²) in [5.74, 6) is -7.96. The number of carbonyl (C=O) groups excluding carboxylic acids is 17. The van der Waals surface area contributed by atoms with Gasteiger partial charge in [0.25, 0.3) is 0 Å². The van der Waals surface area contributed by atoms with Crippen molar-refractivity contribution in [2.45, 2.75) is 227 Å². The highest BCUT2D eigenvalue weighted by molar-refractivity contribution is 8.00. The second-order valence-electron chi connectivity index (χ2n) is 35.1. The lowest BCUT2D eigenvalue weighted by Gasteiger charge is -2.31. The zero-order valence-electron chi connectivity index (χ0n) is 82.5. The Hall–Kier alpha value is -12.7. The number of ketones is 1. The lowest BCUT2D eigenvalue weighted by Crippen LogP contribution is -2.61. The minimum atomic E-state index is -1.69. The summed E-state index contributed by atoms with van der Waals surface area (Å²) in [5, 5.41) is 74.0. The maximum atomic E-state index is 14.3. The van der Waals surface area contributed by atoms with Crippen molar-refractivity contribution in [1.82, 2.24) is 105 Å². The van der Waals surface area contributed by atoms with E-state index < -0.39 is 150 Å². The molecule has 49 heteroatoms. The van der Waals surface area contributed by atoms with E-state index >= 15 is 0 Å². The minimum Gasteiger partial charge on any atom is -0.508 e. The smallest absolute Gasteiger partial charge is 0.315 e. The average Bonchev–Trinajstić information content (AvgIpc) is 1.65. The summed E-state index contributed by atoms with van der Waals surface area (Å²) in [5.41, 5.74) is 13.9. The van der Waals surface area contributed by atoms with Crippen LogP contribution in [0.15, 0.2) is 102 Å². The Balaban J connectivity index is 0.000000406. The number of imidazole rings is 1. The van der Waals surface area contributed by atoms with E-state index in [4.69, 9.17) is 30.4 Å². The quantitative estimate of drug-likeness (QED) is 0.00856. The van der Waals surface area contributed by atoms with E-state index in [2.05, 4.69) is 100 Å².